The first-order valence-electron chi connectivity index (χ1n) is 11.6. The number of hydrogen-bond acceptors (Lipinski definition) is 8. The second-order valence-corrected chi connectivity index (χ2v) is 9.85. The first-order valence-corrected chi connectivity index (χ1v) is 13.2. The first kappa shape index (κ1) is 26.6. The molecular weight excluding hydrogens is 560 g/mol. The molecule has 37 heavy (non-hydrogen) atoms. The number of nitrogens with zero attached hydrogens (tertiary/aromatic N) is 2. The van der Waals surface area contributed by atoms with E-state index < -0.39 is 18.0 Å². The number of halogens is 1. The molecule has 1 aliphatic rings. The van der Waals surface area contributed by atoms with Crippen molar-refractivity contribution in [2.75, 3.05) is 20.3 Å². The van der Waals surface area contributed by atoms with Gasteiger partial charge in [-0.1, -0.05) is 54.7 Å². The zero-order valence-corrected chi connectivity index (χ0v) is 22.9. The fraction of sp³-hybridized carbons (Fsp3) is 0.259. The molecule has 0 spiro atoms. The van der Waals surface area contributed by atoms with Crippen molar-refractivity contribution < 1.29 is 23.8 Å². The topological polar surface area (TPSA) is 96.2 Å². The number of esters is 2. The van der Waals surface area contributed by atoms with Gasteiger partial charge in [0.25, 0.3) is 5.56 Å². The van der Waals surface area contributed by atoms with E-state index in [-0.39, 0.29) is 18.8 Å². The minimum absolute atomic E-state index is 0.202. The Morgan fingerprint density at radius 2 is 1.92 bits per heavy atom. The third-order valence-electron chi connectivity index (χ3n) is 5.67. The van der Waals surface area contributed by atoms with Gasteiger partial charge in [0.2, 0.25) is 0 Å². The number of rotatable bonds is 8. The van der Waals surface area contributed by atoms with E-state index in [0.29, 0.717) is 37.2 Å². The predicted molar refractivity (Wildman–Crippen MR) is 143 cm³/mol. The number of carbonyl (C=O) groups excluding carboxylic acids is 2. The maximum atomic E-state index is 13.7. The van der Waals surface area contributed by atoms with Crippen LogP contribution in [0.1, 0.15) is 37.4 Å². The maximum absolute atomic E-state index is 13.7. The largest absolute Gasteiger partial charge is 0.481 e. The molecule has 10 heteroatoms. The molecule has 2 heterocycles. The standard InChI is InChI=1S/C27H25BrN2O6S/c1-4-19-23(26(33)34-3)24(17-9-7-6-8-10-17)30-25(32)21(37-27(30)29-19)14-16-11-12-20(18(28)13-16)36-15-22(31)35-5-2/h6-14,24H,4-5,15H2,1-3H3/b21-14-/t24-/m0/s1. The van der Waals surface area contributed by atoms with Crippen molar-refractivity contribution in [1.82, 2.24) is 4.57 Å². The van der Waals surface area contributed by atoms with E-state index in [9.17, 15) is 14.4 Å². The average Bonchev–Trinajstić information content (AvgIpc) is 3.21. The van der Waals surface area contributed by atoms with Gasteiger partial charge in [-0.15, -0.1) is 0 Å². The van der Waals surface area contributed by atoms with E-state index in [1.807, 2.05) is 37.3 Å². The molecule has 0 radical (unpaired) electrons. The molecule has 1 aliphatic heterocycles. The van der Waals surface area contributed by atoms with Gasteiger partial charge in [-0.05, 0) is 58.6 Å². The number of benzene rings is 2. The highest BCUT2D eigenvalue weighted by atomic mass is 79.9. The molecule has 2 aromatic carbocycles. The Labute approximate surface area is 225 Å². The molecular formula is C27H25BrN2O6S. The second-order valence-electron chi connectivity index (χ2n) is 7.98. The van der Waals surface area contributed by atoms with Crippen LogP contribution in [-0.4, -0.2) is 36.8 Å². The number of methoxy groups -OCH3 is 1. The average molecular weight is 585 g/mol. The van der Waals surface area contributed by atoms with Crippen LogP contribution in [0.5, 0.6) is 5.75 Å². The molecule has 3 aromatic rings. The first-order chi connectivity index (χ1) is 17.9. The molecule has 0 bridgehead atoms. The highest BCUT2D eigenvalue weighted by Gasteiger charge is 2.33. The monoisotopic (exact) mass is 584 g/mol. The third kappa shape index (κ3) is 5.60. The van der Waals surface area contributed by atoms with Crippen LogP contribution in [0.2, 0.25) is 0 Å². The number of fused-ring (bicyclic) bond motifs is 1. The van der Waals surface area contributed by atoms with E-state index in [2.05, 4.69) is 20.9 Å². The van der Waals surface area contributed by atoms with Gasteiger partial charge in [-0.3, -0.25) is 9.36 Å². The summed E-state index contributed by atoms with van der Waals surface area (Å²) in [6.07, 6.45) is 2.28. The summed E-state index contributed by atoms with van der Waals surface area (Å²) in [4.78, 5) is 43.3. The van der Waals surface area contributed by atoms with Crippen LogP contribution in [0.3, 0.4) is 0 Å². The Balaban J connectivity index is 1.78. The summed E-state index contributed by atoms with van der Waals surface area (Å²) in [5.74, 6) is -0.484. The number of hydrogen-bond donors (Lipinski definition) is 0. The van der Waals surface area contributed by atoms with Gasteiger partial charge >= 0.3 is 11.9 Å². The van der Waals surface area contributed by atoms with Crippen LogP contribution in [0.15, 0.2) is 74.1 Å². The minimum Gasteiger partial charge on any atom is -0.481 e. The van der Waals surface area contributed by atoms with Crippen molar-refractivity contribution in [2.24, 2.45) is 4.99 Å². The van der Waals surface area contributed by atoms with Crippen molar-refractivity contribution in [1.29, 1.82) is 0 Å². The van der Waals surface area contributed by atoms with E-state index in [4.69, 9.17) is 14.2 Å². The highest BCUT2D eigenvalue weighted by Crippen LogP contribution is 2.31. The Morgan fingerprint density at radius 3 is 2.57 bits per heavy atom. The summed E-state index contributed by atoms with van der Waals surface area (Å²) in [6.45, 7) is 3.73. The summed E-state index contributed by atoms with van der Waals surface area (Å²) in [5.41, 5.74) is 2.25. The molecule has 0 unspecified atom stereocenters. The lowest BCUT2D eigenvalue weighted by atomic mass is 9.95. The van der Waals surface area contributed by atoms with Crippen molar-refractivity contribution in [3.05, 3.63) is 95.1 Å². The number of carbonyl (C=O) groups is 2. The molecule has 0 amide bonds. The highest BCUT2D eigenvalue weighted by molar-refractivity contribution is 9.10. The lowest BCUT2D eigenvalue weighted by Crippen LogP contribution is -2.40. The smallest absolute Gasteiger partial charge is 0.344 e. The summed E-state index contributed by atoms with van der Waals surface area (Å²) < 4.78 is 18.1. The fourth-order valence-electron chi connectivity index (χ4n) is 4.03. The summed E-state index contributed by atoms with van der Waals surface area (Å²) in [5, 5.41) is 0. The van der Waals surface area contributed by atoms with Crippen molar-refractivity contribution in [3.63, 3.8) is 0 Å². The van der Waals surface area contributed by atoms with Crippen LogP contribution in [0.25, 0.3) is 6.08 Å². The predicted octanol–water partition coefficient (Wildman–Crippen LogP) is 3.50. The number of ether oxygens (including phenoxy) is 3. The molecule has 8 nitrogen and oxygen atoms in total. The summed E-state index contributed by atoms with van der Waals surface area (Å²) in [7, 11) is 1.33. The lowest BCUT2D eigenvalue weighted by Gasteiger charge is -2.25. The molecule has 0 saturated heterocycles. The third-order valence-corrected chi connectivity index (χ3v) is 7.27. The minimum atomic E-state index is -0.646. The summed E-state index contributed by atoms with van der Waals surface area (Å²) >= 11 is 4.72. The molecule has 4 rings (SSSR count). The van der Waals surface area contributed by atoms with Gasteiger partial charge < -0.3 is 14.2 Å². The van der Waals surface area contributed by atoms with Crippen LogP contribution < -0.4 is 19.6 Å². The van der Waals surface area contributed by atoms with Gasteiger partial charge in [-0.2, -0.15) is 0 Å². The zero-order valence-electron chi connectivity index (χ0n) is 20.5. The quantitative estimate of drug-likeness (QED) is 0.376. The van der Waals surface area contributed by atoms with Crippen LogP contribution in [-0.2, 0) is 19.1 Å². The molecule has 0 fully saturated rings. The number of thiazole rings is 1. The maximum Gasteiger partial charge on any atom is 0.344 e. The summed E-state index contributed by atoms with van der Waals surface area (Å²) in [6, 6.07) is 14.0. The van der Waals surface area contributed by atoms with Gasteiger partial charge in [-0.25, -0.2) is 14.6 Å². The van der Waals surface area contributed by atoms with E-state index in [0.717, 1.165) is 11.1 Å². The van der Waals surface area contributed by atoms with Gasteiger partial charge in [0.05, 0.1) is 40.0 Å². The zero-order chi connectivity index (χ0) is 26.5. The SMILES string of the molecule is CCOC(=O)COc1ccc(/C=c2\sc3n(c2=O)[C@@H](c2ccccc2)C(C(=O)OC)=C(CC)N=3)cc1Br. The Hall–Kier alpha value is -3.50. The molecule has 0 N–H and O–H groups in total. The van der Waals surface area contributed by atoms with E-state index >= 15 is 0 Å². The Kier molecular flexibility index (Phi) is 8.40. The van der Waals surface area contributed by atoms with Crippen LogP contribution in [0.4, 0.5) is 0 Å². The Bertz CT molecular complexity index is 1540. The Morgan fingerprint density at radius 1 is 1.16 bits per heavy atom. The second kappa shape index (κ2) is 11.7. The van der Waals surface area contributed by atoms with Crippen LogP contribution >= 0.6 is 27.3 Å². The van der Waals surface area contributed by atoms with E-state index in [1.165, 1.54) is 18.4 Å². The normalized spacial score (nSPS) is 15.1. The van der Waals surface area contributed by atoms with E-state index in [1.54, 1.807) is 35.8 Å². The molecule has 1 atom stereocenters. The molecule has 192 valence electrons. The van der Waals surface area contributed by atoms with Crippen molar-refractivity contribution in [2.45, 2.75) is 26.3 Å². The molecule has 1 aromatic heterocycles. The van der Waals surface area contributed by atoms with Gasteiger partial charge in [0.1, 0.15) is 5.75 Å². The molecule has 0 saturated carbocycles. The molecule has 0 aliphatic carbocycles. The van der Waals surface area contributed by atoms with Crippen molar-refractivity contribution in [3.8, 4) is 5.75 Å². The fourth-order valence-corrected chi connectivity index (χ4v) is 5.56. The van der Waals surface area contributed by atoms with Gasteiger partial charge in [0.15, 0.2) is 11.4 Å². The number of allylic oxidation sites excluding steroid dienone is 1. The van der Waals surface area contributed by atoms with Crippen LogP contribution in [0, 0.1) is 0 Å². The lowest BCUT2D eigenvalue weighted by molar-refractivity contribution is -0.145. The number of aromatic nitrogens is 1. The van der Waals surface area contributed by atoms with Gasteiger partial charge in [0, 0.05) is 0 Å². The van der Waals surface area contributed by atoms with Crippen molar-refractivity contribution >= 4 is 45.3 Å².